The minimum atomic E-state index is -0.539. The summed E-state index contributed by atoms with van der Waals surface area (Å²) in [5.41, 5.74) is -0.203. The Morgan fingerprint density at radius 1 is 1.45 bits per heavy atom. The summed E-state index contributed by atoms with van der Waals surface area (Å²) >= 11 is 0. The zero-order valence-electron chi connectivity index (χ0n) is 12.0. The molecule has 0 saturated carbocycles. The van der Waals surface area contributed by atoms with Crippen LogP contribution in [0.5, 0.6) is 5.75 Å². The molecule has 20 heavy (non-hydrogen) atoms. The molecule has 0 aliphatic heterocycles. The van der Waals surface area contributed by atoms with Gasteiger partial charge in [-0.05, 0) is 39.3 Å². The summed E-state index contributed by atoms with van der Waals surface area (Å²) in [5.74, 6) is -0.377. The highest BCUT2D eigenvalue weighted by molar-refractivity contribution is 5.89. The van der Waals surface area contributed by atoms with Crippen molar-refractivity contribution in [1.82, 2.24) is 5.32 Å². The van der Waals surface area contributed by atoms with E-state index in [-0.39, 0.29) is 12.4 Å². The van der Waals surface area contributed by atoms with Crippen LogP contribution < -0.4 is 15.4 Å². The maximum atomic E-state index is 13.6. The summed E-state index contributed by atoms with van der Waals surface area (Å²) in [5, 5.41) is 14.1. The second-order valence-corrected chi connectivity index (χ2v) is 5.01. The maximum Gasteiger partial charge on any atom is 0.319 e. The van der Waals surface area contributed by atoms with Crippen LogP contribution in [0.2, 0.25) is 0 Å². The van der Waals surface area contributed by atoms with E-state index in [9.17, 15) is 9.18 Å². The molecule has 3 N–H and O–H groups in total. The summed E-state index contributed by atoms with van der Waals surface area (Å²) in [6, 6.07) is 3.77. The maximum absolute atomic E-state index is 13.6. The average Bonchev–Trinajstić information content (AvgIpc) is 2.31. The van der Waals surface area contributed by atoms with Gasteiger partial charge < -0.3 is 20.5 Å². The van der Waals surface area contributed by atoms with Crippen molar-refractivity contribution in [3.63, 3.8) is 0 Å². The van der Waals surface area contributed by atoms with Crippen molar-refractivity contribution in [3.05, 3.63) is 24.0 Å². The van der Waals surface area contributed by atoms with Gasteiger partial charge in [0.1, 0.15) is 0 Å². The lowest BCUT2D eigenvalue weighted by atomic mass is 10.0. The number of aliphatic hydroxyl groups is 1. The number of ether oxygens (including phenoxy) is 1. The summed E-state index contributed by atoms with van der Waals surface area (Å²) < 4.78 is 18.7. The molecule has 0 unspecified atom stereocenters. The molecule has 0 aromatic heterocycles. The number of rotatable bonds is 6. The smallest absolute Gasteiger partial charge is 0.319 e. The highest BCUT2D eigenvalue weighted by atomic mass is 19.1. The second kappa shape index (κ2) is 7.09. The lowest BCUT2D eigenvalue weighted by Gasteiger charge is -2.25. The van der Waals surface area contributed by atoms with Gasteiger partial charge >= 0.3 is 6.03 Å². The van der Waals surface area contributed by atoms with E-state index in [4.69, 9.17) is 9.84 Å². The van der Waals surface area contributed by atoms with E-state index in [0.717, 1.165) is 0 Å². The topological polar surface area (TPSA) is 70.6 Å². The van der Waals surface area contributed by atoms with Crippen molar-refractivity contribution in [2.24, 2.45) is 0 Å². The molecule has 0 bridgehead atoms. The number of halogens is 1. The number of hydrogen-bond acceptors (Lipinski definition) is 3. The third-order valence-electron chi connectivity index (χ3n) is 2.68. The van der Waals surface area contributed by atoms with Gasteiger partial charge in [-0.1, -0.05) is 0 Å². The van der Waals surface area contributed by atoms with Crippen LogP contribution >= 0.6 is 0 Å². The molecule has 1 rings (SSSR count). The fourth-order valence-electron chi connectivity index (χ4n) is 1.66. The van der Waals surface area contributed by atoms with E-state index in [2.05, 4.69) is 10.6 Å². The SMILES string of the molecule is CCOc1ccc(NC(=O)NC(C)(C)CCO)cc1F. The van der Waals surface area contributed by atoms with Crippen LogP contribution in [0.3, 0.4) is 0 Å². The largest absolute Gasteiger partial charge is 0.491 e. The zero-order valence-corrected chi connectivity index (χ0v) is 12.0. The molecule has 5 nitrogen and oxygen atoms in total. The van der Waals surface area contributed by atoms with Crippen molar-refractivity contribution >= 4 is 11.7 Å². The normalized spacial score (nSPS) is 11.1. The Morgan fingerprint density at radius 2 is 2.15 bits per heavy atom. The number of carbonyl (C=O) groups excluding carboxylic acids is 1. The minimum Gasteiger partial charge on any atom is -0.491 e. The van der Waals surface area contributed by atoms with Crippen LogP contribution in [0, 0.1) is 5.82 Å². The lowest BCUT2D eigenvalue weighted by Crippen LogP contribution is -2.46. The molecule has 6 heteroatoms. The molecule has 0 aliphatic carbocycles. The molecule has 0 saturated heterocycles. The zero-order chi connectivity index (χ0) is 15.2. The fourth-order valence-corrected chi connectivity index (χ4v) is 1.66. The number of amides is 2. The van der Waals surface area contributed by atoms with Gasteiger partial charge in [-0.15, -0.1) is 0 Å². The minimum absolute atomic E-state index is 0.0229. The van der Waals surface area contributed by atoms with Crippen LogP contribution in [0.25, 0.3) is 0 Å². The molecule has 0 spiro atoms. The van der Waals surface area contributed by atoms with Crippen molar-refractivity contribution in [2.75, 3.05) is 18.5 Å². The number of aliphatic hydroxyl groups excluding tert-OH is 1. The predicted molar refractivity (Wildman–Crippen MR) is 75.5 cm³/mol. The van der Waals surface area contributed by atoms with Crippen LogP contribution in [0.15, 0.2) is 18.2 Å². The highest BCUT2D eigenvalue weighted by Gasteiger charge is 2.19. The number of anilines is 1. The standard InChI is InChI=1S/C14H21FN2O3/c1-4-20-12-6-5-10(9-11(12)15)16-13(19)17-14(2,3)7-8-18/h5-6,9,18H,4,7-8H2,1-3H3,(H2,16,17,19). The Morgan fingerprint density at radius 3 is 2.70 bits per heavy atom. The number of urea groups is 1. The van der Waals surface area contributed by atoms with Crippen molar-refractivity contribution in [2.45, 2.75) is 32.7 Å². The van der Waals surface area contributed by atoms with Crippen LogP contribution in [-0.2, 0) is 0 Å². The number of nitrogens with one attached hydrogen (secondary N) is 2. The van der Waals surface area contributed by atoms with Gasteiger partial charge in [0.05, 0.1) is 6.61 Å². The number of benzene rings is 1. The van der Waals surface area contributed by atoms with Crippen molar-refractivity contribution < 1.29 is 19.0 Å². The molecule has 0 heterocycles. The van der Waals surface area contributed by atoms with Gasteiger partial charge in [0.25, 0.3) is 0 Å². The first kappa shape index (κ1) is 16.2. The summed E-state index contributed by atoms with van der Waals surface area (Å²) in [6.45, 7) is 5.70. The monoisotopic (exact) mass is 284 g/mol. The molecule has 0 atom stereocenters. The molecule has 1 aromatic carbocycles. The van der Waals surface area contributed by atoms with Gasteiger partial charge in [0.2, 0.25) is 0 Å². The van der Waals surface area contributed by atoms with E-state index in [0.29, 0.717) is 18.7 Å². The van der Waals surface area contributed by atoms with E-state index in [1.165, 1.54) is 12.1 Å². The Bertz CT molecular complexity index is 464. The third-order valence-corrected chi connectivity index (χ3v) is 2.68. The molecule has 0 aliphatic rings. The van der Waals surface area contributed by atoms with Crippen molar-refractivity contribution in [1.29, 1.82) is 0 Å². The molecule has 0 fully saturated rings. The second-order valence-electron chi connectivity index (χ2n) is 5.01. The molecule has 0 radical (unpaired) electrons. The highest BCUT2D eigenvalue weighted by Crippen LogP contribution is 2.21. The van der Waals surface area contributed by atoms with Gasteiger partial charge in [-0.25, -0.2) is 9.18 Å². The van der Waals surface area contributed by atoms with Gasteiger partial charge in [0, 0.05) is 23.9 Å². The Balaban J connectivity index is 2.64. The lowest BCUT2D eigenvalue weighted by molar-refractivity contribution is 0.218. The molecular formula is C14H21FN2O3. The quantitative estimate of drug-likeness (QED) is 0.751. The molecule has 1 aromatic rings. The van der Waals surface area contributed by atoms with Gasteiger partial charge in [0.15, 0.2) is 11.6 Å². The average molecular weight is 284 g/mol. The van der Waals surface area contributed by atoms with E-state index < -0.39 is 17.4 Å². The fraction of sp³-hybridized carbons (Fsp3) is 0.500. The third kappa shape index (κ3) is 5.05. The Hall–Kier alpha value is -1.82. The number of carbonyl (C=O) groups is 1. The first-order valence-corrected chi connectivity index (χ1v) is 6.50. The summed E-state index contributed by atoms with van der Waals surface area (Å²) in [7, 11) is 0. The van der Waals surface area contributed by atoms with E-state index >= 15 is 0 Å². The van der Waals surface area contributed by atoms with Gasteiger partial charge in [-0.2, -0.15) is 0 Å². The van der Waals surface area contributed by atoms with E-state index in [1.807, 2.05) is 0 Å². The Labute approximate surface area is 118 Å². The Kier molecular flexibility index (Phi) is 5.76. The van der Waals surface area contributed by atoms with E-state index in [1.54, 1.807) is 26.8 Å². The van der Waals surface area contributed by atoms with Crippen LogP contribution in [-0.4, -0.2) is 29.9 Å². The van der Waals surface area contributed by atoms with Crippen LogP contribution in [0.4, 0.5) is 14.9 Å². The molecule has 112 valence electrons. The van der Waals surface area contributed by atoms with Gasteiger partial charge in [-0.3, -0.25) is 0 Å². The molecule has 2 amide bonds. The van der Waals surface area contributed by atoms with Crippen LogP contribution in [0.1, 0.15) is 27.2 Å². The summed E-state index contributed by atoms with van der Waals surface area (Å²) in [6.07, 6.45) is 0.429. The molecular weight excluding hydrogens is 263 g/mol. The summed E-state index contributed by atoms with van der Waals surface area (Å²) in [4.78, 5) is 11.8. The predicted octanol–water partition coefficient (Wildman–Crippen LogP) is 2.51. The first-order valence-electron chi connectivity index (χ1n) is 6.50. The van der Waals surface area contributed by atoms with Crippen molar-refractivity contribution in [3.8, 4) is 5.75 Å². The number of hydrogen-bond donors (Lipinski definition) is 3. The first-order chi connectivity index (χ1) is 9.38.